The number of rotatable bonds is 10. The second-order valence-corrected chi connectivity index (χ2v) is 7.09. The second-order valence-electron chi connectivity index (χ2n) is 7.09. The molecule has 23 heavy (non-hydrogen) atoms. The second kappa shape index (κ2) is 10.4. The molecule has 0 heterocycles. The molecule has 0 fully saturated rings. The van der Waals surface area contributed by atoms with Gasteiger partial charge in [0, 0.05) is 0 Å². The van der Waals surface area contributed by atoms with Gasteiger partial charge in [0.15, 0.2) is 0 Å². The molecule has 0 aromatic carbocycles. The molecule has 0 rings (SSSR count). The maximum absolute atomic E-state index is 12.5. The first-order chi connectivity index (χ1) is 10.7. The Morgan fingerprint density at radius 1 is 1.04 bits per heavy atom. The normalized spacial score (nSPS) is 15.4. The Morgan fingerprint density at radius 3 is 2.09 bits per heavy atom. The van der Waals surface area contributed by atoms with Crippen LogP contribution in [0.1, 0.15) is 66.7 Å². The van der Waals surface area contributed by atoms with Gasteiger partial charge in [-0.05, 0) is 18.3 Å². The molecule has 6 nitrogen and oxygen atoms in total. The number of hydrogen-bond donors (Lipinski definition) is 3. The number of carbonyl (C=O) groups excluding carboxylic acids is 3. The monoisotopic (exact) mass is 327 g/mol. The fourth-order valence-electron chi connectivity index (χ4n) is 2.11. The molecule has 0 unspecified atom stereocenters. The summed E-state index contributed by atoms with van der Waals surface area (Å²) in [4.78, 5) is 35.8. The SMILES string of the molecule is CCCC[C@H](NC(=O)[C@@H](N)CCC)C(=O)N[C@H](C=O)C(C)(C)C. The van der Waals surface area contributed by atoms with Gasteiger partial charge in [0.05, 0.1) is 12.1 Å². The van der Waals surface area contributed by atoms with Gasteiger partial charge in [0.2, 0.25) is 11.8 Å². The van der Waals surface area contributed by atoms with Crippen molar-refractivity contribution in [2.45, 2.75) is 84.8 Å². The lowest BCUT2D eigenvalue weighted by Gasteiger charge is -2.29. The summed E-state index contributed by atoms with van der Waals surface area (Å²) in [7, 11) is 0. The Balaban J connectivity index is 4.90. The molecule has 0 aliphatic rings. The predicted octanol–water partition coefficient (Wildman–Crippen LogP) is 1.52. The largest absolute Gasteiger partial charge is 0.344 e. The summed E-state index contributed by atoms with van der Waals surface area (Å²) < 4.78 is 0. The molecule has 0 saturated heterocycles. The van der Waals surface area contributed by atoms with Crippen molar-refractivity contribution in [3.05, 3.63) is 0 Å². The molecule has 6 heteroatoms. The number of hydrogen-bond acceptors (Lipinski definition) is 4. The van der Waals surface area contributed by atoms with Crippen molar-refractivity contribution < 1.29 is 14.4 Å². The van der Waals surface area contributed by atoms with Gasteiger partial charge in [-0.1, -0.05) is 53.9 Å². The molecule has 0 spiro atoms. The molecule has 0 saturated carbocycles. The van der Waals surface area contributed by atoms with E-state index in [2.05, 4.69) is 10.6 Å². The minimum Gasteiger partial charge on any atom is -0.344 e. The van der Waals surface area contributed by atoms with E-state index in [0.717, 1.165) is 25.5 Å². The standard InChI is InChI=1S/C17H33N3O3/c1-6-8-10-13(19-15(22)12(18)9-7-2)16(23)20-14(11-21)17(3,4)5/h11-14H,6-10,18H2,1-5H3,(H,19,22)(H,20,23)/t12-,13-,14+/m0/s1. The van der Waals surface area contributed by atoms with Gasteiger partial charge in [0.1, 0.15) is 12.3 Å². The van der Waals surface area contributed by atoms with E-state index in [9.17, 15) is 14.4 Å². The third-order valence-corrected chi connectivity index (χ3v) is 3.78. The van der Waals surface area contributed by atoms with Crippen LogP contribution in [0.4, 0.5) is 0 Å². The van der Waals surface area contributed by atoms with Crippen LogP contribution in [0.2, 0.25) is 0 Å². The van der Waals surface area contributed by atoms with Crippen LogP contribution in [0.25, 0.3) is 0 Å². The molecule has 4 N–H and O–H groups in total. The van der Waals surface area contributed by atoms with Crippen molar-refractivity contribution in [3.63, 3.8) is 0 Å². The van der Waals surface area contributed by atoms with E-state index in [0.29, 0.717) is 12.8 Å². The molecule has 0 aromatic heterocycles. The van der Waals surface area contributed by atoms with Gasteiger partial charge < -0.3 is 21.2 Å². The Kier molecular flexibility index (Phi) is 9.72. The number of nitrogens with two attached hydrogens (primary N) is 1. The third kappa shape index (κ3) is 8.11. The first kappa shape index (κ1) is 21.6. The summed E-state index contributed by atoms with van der Waals surface area (Å²) in [5, 5.41) is 5.45. The van der Waals surface area contributed by atoms with Crippen LogP contribution in [-0.4, -0.2) is 36.2 Å². The van der Waals surface area contributed by atoms with Crippen molar-refractivity contribution >= 4 is 18.1 Å². The molecule has 0 aliphatic heterocycles. The predicted molar refractivity (Wildman–Crippen MR) is 91.8 cm³/mol. The lowest BCUT2D eigenvalue weighted by Crippen LogP contribution is -2.55. The highest BCUT2D eigenvalue weighted by Gasteiger charge is 2.29. The van der Waals surface area contributed by atoms with E-state index >= 15 is 0 Å². The van der Waals surface area contributed by atoms with Gasteiger partial charge in [-0.25, -0.2) is 0 Å². The topological polar surface area (TPSA) is 101 Å². The van der Waals surface area contributed by atoms with Crippen molar-refractivity contribution in [1.29, 1.82) is 0 Å². The lowest BCUT2D eigenvalue weighted by atomic mass is 9.87. The van der Waals surface area contributed by atoms with Crippen LogP contribution in [0.5, 0.6) is 0 Å². The fraction of sp³-hybridized carbons (Fsp3) is 0.824. The molecule has 0 bridgehead atoms. The molecular formula is C17H33N3O3. The average molecular weight is 327 g/mol. The van der Waals surface area contributed by atoms with Crippen molar-refractivity contribution in [2.24, 2.45) is 11.1 Å². The lowest BCUT2D eigenvalue weighted by molar-refractivity contribution is -0.131. The van der Waals surface area contributed by atoms with E-state index in [1.165, 1.54) is 0 Å². The van der Waals surface area contributed by atoms with Crippen molar-refractivity contribution in [2.75, 3.05) is 0 Å². The van der Waals surface area contributed by atoms with Gasteiger partial charge in [-0.3, -0.25) is 9.59 Å². The maximum Gasteiger partial charge on any atom is 0.243 e. The zero-order valence-corrected chi connectivity index (χ0v) is 15.1. The van der Waals surface area contributed by atoms with Crippen LogP contribution in [-0.2, 0) is 14.4 Å². The highest BCUT2D eigenvalue weighted by atomic mass is 16.2. The van der Waals surface area contributed by atoms with Crippen LogP contribution in [0.3, 0.4) is 0 Å². The van der Waals surface area contributed by atoms with Crippen molar-refractivity contribution in [1.82, 2.24) is 10.6 Å². The third-order valence-electron chi connectivity index (χ3n) is 3.78. The molecule has 134 valence electrons. The zero-order valence-electron chi connectivity index (χ0n) is 15.1. The summed E-state index contributed by atoms with van der Waals surface area (Å²) in [6, 6.07) is -1.86. The summed E-state index contributed by atoms with van der Waals surface area (Å²) in [5.74, 6) is -0.649. The highest BCUT2D eigenvalue weighted by Crippen LogP contribution is 2.18. The van der Waals surface area contributed by atoms with Gasteiger partial charge >= 0.3 is 0 Å². The van der Waals surface area contributed by atoms with E-state index in [1.807, 2.05) is 34.6 Å². The Morgan fingerprint density at radius 2 is 1.65 bits per heavy atom. The smallest absolute Gasteiger partial charge is 0.243 e. The van der Waals surface area contributed by atoms with Crippen LogP contribution in [0, 0.1) is 5.41 Å². The first-order valence-electron chi connectivity index (χ1n) is 8.48. The minimum atomic E-state index is -0.657. The number of carbonyl (C=O) groups is 3. The number of aldehydes is 1. The van der Waals surface area contributed by atoms with Crippen molar-refractivity contribution in [3.8, 4) is 0 Å². The van der Waals surface area contributed by atoms with Gasteiger partial charge in [0.25, 0.3) is 0 Å². The summed E-state index contributed by atoms with van der Waals surface area (Å²) >= 11 is 0. The highest BCUT2D eigenvalue weighted by molar-refractivity contribution is 5.90. The Bertz CT molecular complexity index is 391. The maximum atomic E-state index is 12.5. The van der Waals surface area contributed by atoms with Gasteiger partial charge in [-0.15, -0.1) is 0 Å². The van der Waals surface area contributed by atoms with E-state index in [1.54, 1.807) is 0 Å². The fourth-order valence-corrected chi connectivity index (χ4v) is 2.11. The van der Waals surface area contributed by atoms with Crippen LogP contribution < -0.4 is 16.4 Å². The summed E-state index contributed by atoms with van der Waals surface area (Å²) in [6.07, 6.45) is 4.37. The average Bonchev–Trinajstić information content (AvgIpc) is 2.47. The van der Waals surface area contributed by atoms with E-state index < -0.39 is 18.1 Å². The number of nitrogens with one attached hydrogen (secondary N) is 2. The van der Waals surface area contributed by atoms with Crippen LogP contribution >= 0.6 is 0 Å². The molecule has 3 atom stereocenters. The summed E-state index contributed by atoms with van der Waals surface area (Å²) in [6.45, 7) is 9.60. The van der Waals surface area contributed by atoms with E-state index in [-0.39, 0.29) is 17.2 Å². The minimum absolute atomic E-state index is 0.318. The quantitative estimate of drug-likeness (QED) is 0.529. The molecule has 2 amide bonds. The van der Waals surface area contributed by atoms with E-state index in [4.69, 9.17) is 5.73 Å². The van der Waals surface area contributed by atoms with Crippen LogP contribution in [0.15, 0.2) is 0 Å². The first-order valence-corrected chi connectivity index (χ1v) is 8.48. The van der Waals surface area contributed by atoms with Gasteiger partial charge in [-0.2, -0.15) is 0 Å². The Labute approximate surface area is 140 Å². The molecule has 0 radical (unpaired) electrons. The molecule has 0 aromatic rings. The number of unbranched alkanes of at least 4 members (excludes halogenated alkanes) is 1. The Hall–Kier alpha value is -1.43. The zero-order chi connectivity index (χ0) is 18.0. The number of amides is 2. The molecule has 0 aliphatic carbocycles. The molecular weight excluding hydrogens is 294 g/mol. The summed E-state index contributed by atoms with van der Waals surface area (Å²) in [5.41, 5.74) is 5.42.